The number of rotatable bonds is 10. The third kappa shape index (κ3) is 6.82. The molecule has 0 spiro atoms. The van der Waals surface area contributed by atoms with Crippen molar-refractivity contribution in [2.24, 2.45) is 0 Å². The Balaban J connectivity index is 1.72. The van der Waals surface area contributed by atoms with Crippen molar-refractivity contribution < 1.29 is 13.2 Å². The van der Waals surface area contributed by atoms with Crippen molar-refractivity contribution in [1.29, 1.82) is 0 Å². The summed E-state index contributed by atoms with van der Waals surface area (Å²) in [6.07, 6.45) is -2.39. The first kappa shape index (κ1) is 27.0. The van der Waals surface area contributed by atoms with Crippen LogP contribution in [-0.4, -0.2) is 14.5 Å². The quantitative estimate of drug-likeness (QED) is 0.207. The molecule has 37 heavy (non-hydrogen) atoms. The highest BCUT2D eigenvalue weighted by Gasteiger charge is 2.31. The van der Waals surface area contributed by atoms with E-state index in [0.717, 1.165) is 59.9 Å². The second-order valence-corrected chi connectivity index (χ2v) is 9.68. The molecule has 0 aliphatic heterocycles. The summed E-state index contributed by atoms with van der Waals surface area (Å²) in [4.78, 5) is 7.06. The Morgan fingerprint density at radius 3 is 2.22 bits per heavy atom. The third-order valence-corrected chi connectivity index (χ3v) is 6.80. The van der Waals surface area contributed by atoms with Gasteiger partial charge in [-0.05, 0) is 42.7 Å². The third-order valence-electron chi connectivity index (χ3n) is 6.43. The van der Waals surface area contributed by atoms with Crippen molar-refractivity contribution in [3.63, 3.8) is 0 Å². The lowest BCUT2D eigenvalue weighted by molar-refractivity contribution is -0.137. The van der Waals surface area contributed by atoms with Gasteiger partial charge in [0.15, 0.2) is 0 Å². The number of halogens is 4. The van der Waals surface area contributed by atoms with Crippen molar-refractivity contribution in [3.05, 3.63) is 112 Å². The minimum atomic E-state index is -4.43. The van der Waals surface area contributed by atoms with E-state index in [2.05, 4.69) is 28.5 Å². The summed E-state index contributed by atoms with van der Waals surface area (Å²) in [6.45, 7) is 6.34. The molecule has 0 atom stereocenters. The zero-order valence-corrected chi connectivity index (χ0v) is 21.9. The first-order chi connectivity index (χ1) is 17.8. The molecule has 7 heteroatoms. The molecule has 0 bridgehead atoms. The minimum absolute atomic E-state index is 0.275. The van der Waals surface area contributed by atoms with Crippen LogP contribution < -0.4 is 0 Å². The second kappa shape index (κ2) is 12.0. The molecule has 3 aromatic carbocycles. The van der Waals surface area contributed by atoms with E-state index in [-0.39, 0.29) is 6.54 Å². The van der Waals surface area contributed by atoms with Crippen LogP contribution in [0, 0.1) is 6.92 Å². The van der Waals surface area contributed by atoms with Gasteiger partial charge in [0.2, 0.25) is 0 Å². The molecule has 0 saturated heterocycles. The fourth-order valence-electron chi connectivity index (χ4n) is 4.51. The summed E-state index contributed by atoms with van der Waals surface area (Å²) >= 11 is 6.40. The van der Waals surface area contributed by atoms with E-state index in [1.807, 2.05) is 55.5 Å². The van der Waals surface area contributed by atoms with Crippen molar-refractivity contribution >= 4 is 11.6 Å². The van der Waals surface area contributed by atoms with Crippen molar-refractivity contribution in [2.45, 2.75) is 59.0 Å². The van der Waals surface area contributed by atoms with Crippen LogP contribution in [0.4, 0.5) is 13.2 Å². The van der Waals surface area contributed by atoms with Crippen molar-refractivity contribution in [2.75, 3.05) is 0 Å². The molecule has 1 aromatic heterocycles. The van der Waals surface area contributed by atoms with Gasteiger partial charge < -0.3 is 4.57 Å². The lowest BCUT2D eigenvalue weighted by Gasteiger charge is -2.25. The number of unbranched alkanes of at least 4 members (excludes halogenated alkanes) is 1. The van der Waals surface area contributed by atoms with Gasteiger partial charge in [0.1, 0.15) is 5.82 Å². The summed E-state index contributed by atoms with van der Waals surface area (Å²) in [5.74, 6) is 0.915. The average Bonchev–Trinajstić information content (AvgIpc) is 3.19. The van der Waals surface area contributed by atoms with E-state index >= 15 is 0 Å². The summed E-state index contributed by atoms with van der Waals surface area (Å²) in [5, 5.41) is 0.326. The van der Waals surface area contributed by atoms with Gasteiger partial charge in [-0.3, -0.25) is 4.90 Å². The molecule has 1 heterocycles. The maximum Gasteiger partial charge on any atom is 0.416 e. The first-order valence-electron chi connectivity index (χ1n) is 12.5. The van der Waals surface area contributed by atoms with Gasteiger partial charge in [0.25, 0.3) is 0 Å². The highest BCUT2D eigenvalue weighted by atomic mass is 35.5. The fourth-order valence-corrected chi connectivity index (χ4v) is 4.68. The zero-order valence-electron chi connectivity index (χ0n) is 21.1. The van der Waals surface area contributed by atoms with E-state index < -0.39 is 11.7 Å². The number of imidazole rings is 1. The molecule has 0 saturated carbocycles. The maximum atomic E-state index is 13.5. The van der Waals surface area contributed by atoms with Crippen LogP contribution in [-0.2, 0) is 32.4 Å². The lowest BCUT2D eigenvalue weighted by Crippen LogP contribution is -2.25. The molecule has 3 nitrogen and oxygen atoms in total. The Labute approximate surface area is 221 Å². The first-order valence-corrected chi connectivity index (χ1v) is 12.9. The molecule has 4 rings (SSSR count). The molecule has 0 aliphatic rings. The highest BCUT2D eigenvalue weighted by Crippen LogP contribution is 2.33. The number of aromatic nitrogens is 2. The molecular weight excluding hydrogens is 495 g/mol. The minimum Gasteiger partial charge on any atom is -0.327 e. The lowest BCUT2D eigenvalue weighted by atomic mass is 10.1. The maximum absolute atomic E-state index is 13.5. The fraction of sp³-hybridized carbons (Fsp3) is 0.300. The van der Waals surface area contributed by atoms with Crippen molar-refractivity contribution in [1.82, 2.24) is 14.5 Å². The molecule has 0 radical (unpaired) electrons. The molecule has 0 unspecified atom stereocenters. The van der Waals surface area contributed by atoms with E-state index in [1.165, 1.54) is 6.07 Å². The topological polar surface area (TPSA) is 21.1 Å². The molecule has 0 amide bonds. The largest absolute Gasteiger partial charge is 0.416 e. The number of aryl methyl sites for hydroxylation is 1. The van der Waals surface area contributed by atoms with Crippen LogP contribution in [0.15, 0.2) is 78.9 Å². The molecular formula is C30H31ClF3N3. The van der Waals surface area contributed by atoms with E-state index in [0.29, 0.717) is 23.7 Å². The monoisotopic (exact) mass is 525 g/mol. The Morgan fingerprint density at radius 1 is 0.892 bits per heavy atom. The van der Waals surface area contributed by atoms with Gasteiger partial charge in [0.05, 0.1) is 17.0 Å². The molecule has 4 aromatic rings. The normalized spacial score (nSPS) is 11.9. The van der Waals surface area contributed by atoms with Gasteiger partial charge in [-0.1, -0.05) is 85.6 Å². The van der Waals surface area contributed by atoms with Gasteiger partial charge >= 0.3 is 6.18 Å². The Kier molecular flexibility index (Phi) is 8.72. The SMILES string of the molecule is CCCCn1c(-c2ccccc2)nc(C)c1CN(Cc1ccccc1)Cc1cc(C(F)(F)F)ccc1Cl. The molecule has 0 fully saturated rings. The zero-order chi connectivity index (χ0) is 26.4. The predicted molar refractivity (Wildman–Crippen MR) is 143 cm³/mol. The molecule has 0 N–H and O–H groups in total. The number of nitrogens with zero attached hydrogens (tertiary/aromatic N) is 3. The predicted octanol–water partition coefficient (Wildman–Crippen LogP) is 8.53. The average molecular weight is 526 g/mol. The summed E-state index contributed by atoms with van der Waals surface area (Å²) in [7, 11) is 0. The van der Waals surface area contributed by atoms with Crippen LogP contribution in [0.2, 0.25) is 5.02 Å². The van der Waals surface area contributed by atoms with Gasteiger partial charge in [-0.2, -0.15) is 13.2 Å². The Bertz CT molecular complexity index is 1300. The van der Waals surface area contributed by atoms with Gasteiger partial charge in [0, 0.05) is 36.8 Å². The van der Waals surface area contributed by atoms with Gasteiger partial charge in [-0.25, -0.2) is 4.98 Å². The summed E-state index contributed by atoms with van der Waals surface area (Å²) in [6, 6.07) is 23.6. The number of hydrogen-bond acceptors (Lipinski definition) is 2. The standard InChI is InChI=1S/C30H31ClF3N3/c1-3-4-17-37-28(22(2)35-29(37)24-13-9-6-10-14-24)21-36(19-23-11-7-5-8-12-23)20-25-18-26(30(32,33)34)15-16-27(25)31/h5-16,18H,3-4,17,19-21H2,1-2H3. The smallest absolute Gasteiger partial charge is 0.327 e. The van der Waals surface area contributed by atoms with Crippen LogP contribution in [0.5, 0.6) is 0 Å². The molecule has 0 aliphatic carbocycles. The number of hydrogen-bond donors (Lipinski definition) is 0. The van der Waals surface area contributed by atoms with E-state index in [9.17, 15) is 13.2 Å². The summed E-state index contributed by atoms with van der Waals surface area (Å²) in [5.41, 5.74) is 3.86. The van der Waals surface area contributed by atoms with Crippen LogP contribution in [0.1, 0.15) is 47.8 Å². The Morgan fingerprint density at radius 2 is 1.57 bits per heavy atom. The van der Waals surface area contributed by atoms with Crippen LogP contribution >= 0.6 is 11.6 Å². The second-order valence-electron chi connectivity index (χ2n) is 9.27. The van der Waals surface area contributed by atoms with Gasteiger partial charge in [-0.15, -0.1) is 0 Å². The highest BCUT2D eigenvalue weighted by molar-refractivity contribution is 6.31. The van der Waals surface area contributed by atoms with Crippen LogP contribution in [0.25, 0.3) is 11.4 Å². The van der Waals surface area contributed by atoms with E-state index in [4.69, 9.17) is 16.6 Å². The van der Waals surface area contributed by atoms with Crippen LogP contribution in [0.3, 0.4) is 0 Å². The number of alkyl halides is 3. The molecule has 194 valence electrons. The van der Waals surface area contributed by atoms with E-state index in [1.54, 1.807) is 0 Å². The number of benzene rings is 3. The van der Waals surface area contributed by atoms with Crippen molar-refractivity contribution in [3.8, 4) is 11.4 Å². The summed E-state index contributed by atoms with van der Waals surface area (Å²) < 4.78 is 42.6. The Hall–Kier alpha value is -3.09.